The Morgan fingerprint density at radius 1 is 1.11 bits per heavy atom. The summed E-state index contributed by atoms with van der Waals surface area (Å²) in [6.45, 7) is 8.72. The molecule has 10 heteroatoms. The molecule has 10 nitrogen and oxygen atoms in total. The number of pyridine rings is 1. The Balaban J connectivity index is 1.18. The van der Waals surface area contributed by atoms with Gasteiger partial charge in [0, 0.05) is 76.1 Å². The van der Waals surface area contributed by atoms with Gasteiger partial charge in [-0.25, -0.2) is 9.31 Å². The molecule has 0 aliphatic carbocycles. The lowest BCUT2D eigenvalue weighted by Gasteiger charge is -2.46. The standard InChI is InChI=1S/C28H36N6O4/c1-3-38-27(35)33-14-12-32(13-15-33)25-6-9-30-34-18-21(16-26(25)34)24-5-4-22(17-29-24)28(36-2)7-10-31(11-8-28)23-19-37-20-23/h4-6,9,16-18,23H,3,7-8,10-15,19-20H2,1-2H3. The van der Waals surface area contributed by atoms with Crippen LogP contribution in [0.2, 0.25) is 0 Å². The number of ether oxygens (including phenoxy) is 3. The SMILES string of the molecule is CCOC(=O)N1CCN(c2ccnn3cc(-c4ccc(C5(OC)CCN(C6COC6)CC5)cn4)cc23)CC1. The largest absolute Gasteiger partial charge is 0.450 e. The molecule has 0 radical (unpaired) electrons. The third-order valence-electron chi connectivity index (χ3n) is 8.35. The number of piperazine rings is 1. The monoisotopic (exact) mass is 520 g/mol. The number of aromatic nitrogens is 3. The summed E-state index contributed by atoms with van der Waals surface area (Å²) in [5.74, 6) is 0. The topological polar surface area (TPSA) is 84.7 Å². The molecule has 0 aromatic carbocycles. The molecule has 0 N–H and O–H groups in total. The predicted octanol–water partition coefficient (Wildman–Crippen LogP) is 3.01. The van der Waals surface area contributed by atoms with E-state index in [-0.39, 0.29) is 11.7 Å². The van der Waals surface area contributed by atoms with Gasteiger partial charge >= 0.3 is 6.09 Å². The Hall–Kier alpha value is -3.21. The summed E-state index contributed by atoms with van der Waals surface area (Å²) in [4.78, 5) is 23.5. The number of carbonyl (C=O) groups is 1. The van der Waals surface area contributed by atoms with Gasteiger partial charge in [0.25, 0.3) is 0 Å². The van der Waals surface area contributed by atoms with Crippen LogP contribution in [0.1, 0.15) is 25.3 Å². The van der Waals surface area contributed by atoms with Crippen LogP contribution in [0.15, 0.2) is 42.9 Å². The first kappa shape index (κ1) is 25.1. The first-order valence-electron chi connectivity index (χ1n) is 13.6. The molecule has 3 saturated heterocycles. The second kappa shape index (κ2) is 10.5. The number of fused-ring (bicyclic) bond motifs is 1. The van der Waals surface area contributed by atoms with E-state index in [2.05, 4.69) is 33.1 Å². The van der Waals surface area contributed by atoms with Gasteiger partial charge in [-0.2, -0.15) is 5.10 Å². The maximum Gasteiger partial charge on any atom is 0.409 e. The van der Waals surface area contributed by atoms with E-state index >= 15 is 0 Å². The lowest BCUT2D eigenvalue weighted by molar-refractivity contribution is -0.112. The molecule has 6 rings (SSSR count). The second-order valence-corrected chi connectivity index (χ2v) is 10.3. The molecule has 0 unspecified atom stereocenters. The first-order chi connectivity index (χ1) is 18.6. The number of likely N-dealkylation sites (tertiary alicyclic amines) is 1. The molecule has 3 aromatic heterocycles. The first-order valence-corrected chi connectivity index (χ1v) is 13.6. The highest BCUT2D eigenvalue weighted by Gasteiger charge is 2.39. The molecule has 3 aromatic rings. The molecule has 1 amide bonds. The van der Waals surface area contributed by atoms with Crippen LogP contribution in [-0.4, -0.2) is 103 Å². The summed E-state index contributed by atoms with van der Waals surface area (Å²) < 4.78 is 18.6. The lowest BCUT2D eigenvalue weighted by Crippen LogP contribution is -2.54. The van der Waals surface area contributed by atoms with Gasteiger partial charge in [-0.3, -0.25) is 9.88 Å². The second-order valence-electron chi connectivity index (χ2n) is 10.3. The summed E-state index contributed by atoms with van der Waals surface area (Å²) in [5, 5.41) is 4.54. The highest BCUT2D eigenvalue weighted by atomic mass is 16.6. The number of nitrogens with zero attached hydrogens (tertiary/aromatic N) is 6. The van der Waals surface area contributed by atoms with Gasteiger partial charge in [0.2, 0.25) is 0 Å². The quantitative estimate of drug-likeness (QED) is 0.491. The van der Waals surface area contributed by atoms with E-state index in [1.807, 2.05) is 43.2 Å². The highest BCUT2D eigenvalue weighted by molar-refractivity contribution is 5.79. The molecule has 0 saturated carbocycles. The van der Waals surface area contributed by atoms with Crippen molar-refractivity contribution in [2.24, 2.45) is 0 Å². The van der Waals surface area contributed by atoms with Crippen LogP contribution in [0.3, 0.4) is 0 Å². The van der Waals surface area contributed by atoms with Gasteiger partial charge in [-0.05, 0) is 38.0 Å². The number of rotatable bonds is 6. The minimum absolute atomic E-state index is 0.236. The molecular formula is C28H36N6O4. The van der Waals surface area contributed by atoms with E-state index in [1.54, 1.807) is 4.90 Å². The third-order valence-corrected chi connectivity index (χ3v) is 8.35. The number of piperidine rings is 1. The zero-order valence-corrected chi connectivity index (χ0v) is 22.2. The van der Waals surface area contributed by atoms with Crippen LogP contribution in [0.25, 0.3) is 16.8 Å². The van der Waals surface area contributed by atoms with Crippen LogP contribution in [0.4, 0.5) is 10.5 Å². The van der Waals surface area contributed by atoms with Gasteiger partial charge in [0.05, 0.1) is 48.4 Å². The van der Waals surface area contributed by atoms with Crippen molar-refractivity contribution in [3.8, 4) is 11.3 Å². The minimum atomic E-state index is -0.293. The summed E-state index contributed by atoms with van der Waals surface area (Å²) in [6, 6.07) is 9.01. The molecule has 0 bridgehead atoms. The zero-order chi connectivity index (χ0) is 26.1. The molecule has 6 heterocycles. The molecule has 3 aliphatic heterocycles. The maximum atomic E-state index is 12.1. The van der Waals surface area contributed by atoms with Gasteiger partial charge in [-0.15, -0.1) is 0 Å². The van der Waals surface area contributed by atoms with Crippen molar-refractivity contribution >= 4 is 17.3 Å². The van der Waals surface area contributed by atoms with Crippen molar-refractivity contribution in [1.82, 2.24) is 24.4 Å². The van der Waals surface area contributed by atoms with Crippen LogP contribution in [-0.2, 0) is 19.8 Å². The van der Waals surface area contributed by atoms with E-state index in [9.17, 15) is 4.79 Å². The Morgan fingerprint density at radius 3 is 2.53 bits per heavy atom. The smallest absolute Gasteiger partial charge is 0.409 e. The number of hydrogen-bond acceptors (Lipinski definition) is 8. The third kappa shape index (κ3) is 4.61. The molecule has 3 fully saturated rings. The summed E-state index contributed by atoms with van der Waals surface area (Å²) in [7, 11) is 1.82. The minimum Gasteiger partial charge on any atom is -0.450 e. The number of anilines is 1. The Bertz CT molecular complexity index is 1260. The fraction of sp³-hybridized carbons (Fsp3) is 0.536. The normalized spacial score (nSPS) is 20.5. The van der Waals surface area contributed by atoms with Crippen molar-refractivity contribution in [3.05, 3.63) is 48.4 Å². The predicted molar refractivity (Wildman–Crippen MR) is 143 cm³/mol. The summed E-state index contributed by atoms with van der Waals surface area (Å²) in [5.41, 5.74) is 4.90. The number of methoxy groups -OCH3 is 1. The van der Waals surface area contributed by atoms with Crippen molar-refractivity contribution in [1.29, 1.82) is 0 Å². The van der Waals surface area contributed by atoms with E-state index < -0.39 is 0 Å². The van der Waals surface area contributed by atoms with Crippen LogP contribution in [0, 0.1) is 0 Å². The van der Waals surface area contributed by atoms with Crippen molar-refractivity contribution in [2.45, 2.75) is 31.4 Å². The molecule has 202 valence electrons. The number of amides is 1. The average Bonchev–Trinajstić information content (AvgIpc) is 3.38. The van der Waals surface area contributed by atoms with Crippen molar-refractivity contribution < 1.29 is 19.0 Å². The maximum absolute atomic E-state index is 12.1. The van der Waals surface area contributed by atoms with Crippen molar-refractivity contribution in [3.63, 3.8) is 0 Å². The van der Waals surface area contributed by atoms with Gasteiger partial charge in [-0.1, -0.05) is 6.07 Å². The van der Waals surface area contributed by atoms with Gasteiger partial charge < -0.3 is 24.0 Å². The number of carbonyl (C=O) groups excluding carboxylic acids is 1. The summed E-state index contributed by atoms with van der Waals surface area (Å²) in [6.07, 6.45) is 7.50. The lowest BCUT2D eigenvalue weighted by atomic mass is 9.84. The molecule has 0 atom stereocenters. The Morgan fingerprint density at radius 2 is 1.89 bits per heavy atom. The molecule has 3 aliphatic rings. The fourth-order valence-electron chi connectivity index (χ4n) is 5.88. The average molecular weight is 521 g/mol. The Labute approximate surface area is 223 Å². The fourth-order valence-corrected chi connectivity index (χ4v) is 5.88. The Kier molecular flexibility index (Phi) is 6.94. The van der Waals surface area contributed by atoms with Gasteiger partial charge in [0.1, 0.15) is 0 Å². The van der Waals surface area contributed by atoms with E-state index in [0.29, 0.717) is 25.7 Å². The van der Waals surface area contributed by atoms with Crippen LogP contribution in [0.5, 0.6) is 0 Å². The van der Waals surface area contributed by atoms with Crippen LogP contribution >= 0.6 is 0 Å². The van der Waals surface area contributed by atoms with E-state index in [0.717, 1.165) is 80.3 Å². The highest BCUT2D eigenvalue weighted by Crippen LogP contribution is 2.38. The summed E-state index contributed by atoms with van der Waals surface area (Å²) >= 11 is 0. The van der Waals surface area contributed by atoms with Crippen molar-refractivity contribution in [2.75, 3.05) is 71.1 Å². The molecule has 38 heavy (non-hydrogen) atoms. The number of hydrogen-bond donors (Lipinski definition) is 0. The van der Waals surface area contributed by atoms with E-state index in [4.69, 9.17) is 19.2 Å². The van der Waals surface area contributed by atoms with E-state index in [1.165, 1.54) is 0 Å². The van der Waals surface area contributed by atoms with Crippen LogP contribution < -0.4 is 4.90 Å². The molecule has 0 spiro atoms. The molecular weight excluding hydrogens is 484 g/mol. The van der Waals surface area contributed by atoms with Gasteiger partial charge in [0.15, 0.2) is 0 Å². The zero-order valence-electron chi connectivity index (χ0n) is 22.2.